The van der Waals surface area contributed by atoms with Crippen molar-refractivity contribution < 1.29 is 4.79 Å². The lowest BCUT2D eigenvalue weighted by atomic mass is 10.2. The Balaban J connectivity index is 1.76. The van der Waals surface area contributed by atoms with Gasteiger partial charge in [0.15, 0.2) is 0 Å². The summed E-state index contributed by atoms with van der Waals surface area (Å²) in [4.78, 5) is 16.5. The van der Waals surface area contributed by atoms with Crippen LogP contribution in [-0.2, 0) is 0 Å². The van der Waals surface area contributed by atoms with Gasteiger partial charge in [0.2, 0.25) is 0 Å². The van der Waals surface area contributed by atoms with E-state index in [2.05, 4.69) is 31.5 Å². The minimum Gasteiger partial charge on any atom is -0.354 e. The number of hydrogen-bond acceptors (Lipinski definition) is 3. The molecule has 0 atom stereocenters. The highest BCUT2D eigenvalue weighted by atomic mass is 79.9. The van der Waals surface area contributed by atoms with Crippen molar-refractivity contribution in [1.29, 1.82) is 0 Å². The van der Waals surface area contributed by atoms with Crippen LogP contribution >= 0.6 is 15.9 Å². The Morgan fingerprint density at radius 1 is 0.958 bits per heavy atom. The third-order valence-electron chi connectivity index (χ3n) is 3.49. The number of aromatic nitrogens is 1. The zero-order chi connectivity index (χ0) is 16.9. The fourth-order valence-electron chi connectivity index (χ4n) is 2.19. The molecule has 2 N–H and O–H groups in total. The quantitative estimate of drug-likeness (QED) is 0.656. The average Bonchev–Trinajstić information content (AvgIpc) is 2.59. The third kappa shape index (κ3) is 4.00. The molecule has 0 bridgehead atoms. The van der Waals surface area contributed by atoms with Gasteiger partial charge in [0.05, 0.1) is 17.4 Å². The molecule has 0 radical (unpaired) electrons. The van der Waals surface area contributed by atoms with Crippen LogP contribution in [0.5, 0.6) is 0 Å². The van der Waals surface area contributed by atoms with E-state index in [-0.39, 0.29) is 5.91 Å². The molecule has 0 saturated carbocycles. The van der Waals surface area contributed by atoms with Crippen molar-refractivity contribution in [2.75, 3.05) is 10.6 Å². The second kappa shape index (κ2) is 7.27. The van der Waals surface area contributed by atoms with E-state index in [1.807, 2.05) is 55.5 Å². The van der Waals surface area contributed by atoms with Crippen molar-refractivity contribution in [2.24, 2.45) is 0 Å². The highest BCUT2D eigenvalue weighted by Gasteiger charge is 2.08. The van der Waals surface area contributed by atoms with Crippen molar-refractivity contribution in [2.45, 2.75) is 6.92 Å². The van der Waals surface area contributed by atoms with Crippen molar-refractivity contribution >= 4 is 38.9 Å². The maximum atomic E-state index is 12.3. The van der Waals surface area contributed by atoms with Gasteiger partial charge in [-0.15, -0.1) is 0 Å². The van der Waals surface area contributed by atoms with Crippen molar-refractivity contribution in [3.63, 3.8) is 0 Å². The number of nitrogens with zero attached hydrogens (tertiary/aromatic N) is 1. The number of carbonyl (C=O) groups excluding carboxylic acids is 1. The molecule has 24 heavy (non-hydrogen) atoms. The van der Waals surface area contributed by atoms with Crippen molar-refractivity contribution in [3.05, 3.63) is 82.6 Å². The number of rotatable bonds is 4. The molecule has 5 heteroatoms. The lowest BCUT2D eigenvalue weighted by molar-refractivity contribution is 0.102. The van der Waals surface area contributed by atoms with Gasteiger partial charge >= 0.3 is 0 Å². The Morgan fingerprint density at radius 3 is 2.50 bits per heavy atom. The van der Waals surface area contributed by atoms with Crippen LogP contribution in [0, 0.1) is 6.92 Å². The lowest BCUT2D eigenvalue weighted by Gasteiger charge is -2.10. The summed E-state index contributed by atoms with van der Waals surface area (Å²) in [7, 11) is 0. The van der Waals surface area contributed by atoms with Crippen LogP contribution in [0.15, 0.2) is 71.5 Å². The Morgan fingerprint density at radius 2 is 1.75 bits per heavy atom. The maximum absolute atomic E-state index is 12.3. The molecule has 1 heterocycles. The normalized spacial score (nSPS) is 10.2. The molecule has 3 aromatic rings. The van der Waals surface area contributed by atoms with E-state index in [0.717, 1.165) is 27.1 Å². The van der Waals surface area contributed by atoms with E-state index < -0.39 is 0 Å². The molecule has 4 nitrogen and oxygen atoms in total. The molecule has 0 unspecified atom stereocenters. The Hall–Kier alpha value is -2.66. The molecule has 2 aromatic carbocycles. The number of anilines is 3. The van der Waals surface area contributed by atoms with Gasteiger partial charge in [0.1, 0.15) is 0 Å². The molecular formula is C19H16BrN3O. The van der Waals surface area contributed by atoms with Crippen molar-refractivity contribution in [1.82, 2.24) is 4.98 Å². The summed E-state index contributed by atoms with van der Waals surface area (Å²) in [5, 5.41) is 6.11. The zero-order valence-electron chi connectivity index (χ0n) is 13.1. The summed E-state index contributed by atoms with van der Waals surface area (Å²) in [6.45, 7) is 2.03. The van der Waals surface area contributed by atoms with Gasteiger partial charge in [-0.2, -0.15) is 0 Å². The van der Waals surface area contributed by atoms with Crippen LogP contribution in [0.2, 0.25) is 0 Å². The van der Waals surface area contributed by atoms with E-state index in [1.54, 1.807) is 18.5 Å². The molecule has 0 saturated heterocycles. The fraction of sp³-hybridized carbons (Fsp3) is 0.0526. The molecule has 0 aliphatic rings. The monoisotopic (exact) mass is 381 g/mol. The smallest absolute Gasteiger partial charge is 0.257 e. The van der Waals surface area contributed by atoms with E-state index in [9.17, 15) is 4.79 Å². The van der Waals surface area contributed by atoms with Crippen LogP contribution in [0.4, 0.5) is 17.1 Å². The van der Waals surface area contributed by atoms with Crippen LogP contribution in [0.3, 0.4) is 0 Å². The summed E-state index contributed by atoms with van der Waals surface area (Å²) < 4.78 is 1.03. The molecule has 3 rings (SSSR count). The number of halogens is 1. The van der Waals surface area contributed by atoms with E-state index in [0.29, 0.717) is 5.56 Å². The molecule has 1 amide bonds. The first-order valence-corrected chi connectivity index (χ1v) is 8.26. The minimum atomic E-state index is -0.192. The zero-order valence-corrected chi connectivity index (χ0v) is 14.7. The number of pyridine rings is 1. The first kappa shape index (κ1) is 16.2. The molecule has 0 aliphatic heterocycles. The molecular weight excluding hydrogens is 366 g/mol. The SMILES string of the molecule is Cc1ccc(Nc2cncc(C(=O)Nc3ccccc3)c2)cc1Br. The second-order valence-electron chi connectivity index (χ2n) is 5.37. The van der Waals surface area contributed by atoms with Gasteiger partial charge in [-0.05, 0) is 42.8 Å². The van der Waals surface area contributed by atoms with E-state index in [1.165, 1.54) is 0 Å². The molecule has 0 spiro atoms. The molecule has 1 aromatic heterocycles. The van der Waals surface area contributed by atoms with Crippen LogP contribution < -0.4 is 10.6 Å². The van der Waals surface area contributed by atoms with Crippen LogP contribution in [0.25, 0.3) is 0 Å². The standard InChI is InChI=1S/C19H16BrN3O/c1-13-7-8-16(10-18(13)20)22-17-9-14(11-21-12-17)19(24)23-15-5-3-2-4-6-15/h2-12,22H,1H3,(H,23,24). The Labute approximate surface area is 149 Å². The topological polar surface area (TPSA) is 54.0 Å². The van der Waals surface area contributed by atoms with Gasteiger partial charge in [0.25, 0.3) is 5.91 Å². The number of hydrogen-bond donors (Lipinski definition) is 2. The summed E-state index contributed by atoms with van der Waals surface area (Å²) in [6, 6.07) is 17.1. The average molecular weight is 382 g/mol. The highest BCUT2D eigenvalue weighted by Crippen LogP contribution is 2.23. The first-order valence-electron chi connectivity index (χ1n) is 7.46. The Bertz CT molecular complexity index is 865. The highest BCUT2D eigenvalue weighted by molar-refractivity contribution is 9.10. The summed E-state index contributed by atoms with van der Waals surface area (Å²) >= 11 is 3.51. The molecule has 0 fully saturated rings. The van der Waals surface area contributed by atoms with Crippen LogP contribution in [-0.4, -0.2) is 10.9 Å². The van der Waals surface area contributed by atoms with E-state index in [4.69, 9.17) is 0 Å². The number of aryl methyl sites for hydroxylation is 1. The van der Waals surface area contributed by atoms with Gasteiger partial charge in [-0.3, -0.25) is 9.78 Å². The first-order chi connectivity index (χ1) is 11.6. The van der Waals surface area contributed by atoms with Crippen molar-refractivity contribution in [3.8, 4) is 0 Å². The number of carbonyl (C=O) groups is 1. The lowest BCUT2D eigenvalue weighted by Crippen LogP contribution is -2.12. The molecule has 120 valence electrons. The maximum Gasteiger partial charge on any atom is 0.257 e. The van der Waals surface area contributed by atoms with Gasteiger partial charge < -0.3 is 10.6 Å². The summed E-state index contributed by atoms with van der Waals surface area (Å²) in [6.07, 6.45) is 3.24. The van der Waals surface area contributed by atoms with Gasteiger partial charge in [0, 0.05) is 22.0 Å². The van der Waals surface area contributed by atoms with Gasteiger partial charge in [-0.25, -0.2) is 0 Å². The molecule has 0 aliphatic carbocycles. The number of nitrogens with one attached hydrogen (secondary N) is 2. The number of amides is 1. The summed E-state index contributed by atoms with van der Waals surface area (Å²) in [5.41, 5.74) is 4.09. The predicted octanol–water partition coefficient (Wildman–Crippen LogP) is 5.15. The third-order valence-corrected chi connectivity index (χ3v) is 4.35. The largest absolute Gasteiger partial charge is 0.354 e. The van der Waals surface area contributed by atoms with Crippen LogP contribution in [0.1, 0.15) is 15.9 Å². The van der Waals surface area contributed by atoms with E-state index >= 15 is 0 Å². The predicted molar refractivity (Wildman–Crippen MR) is 101 cm³/mol. The number of benzene rings is 2. The van der Waals surface area contributed by atoms with Gasteiger partial charge in [-0.1, -0.05) is 40.2 Å². The second-order valence-corrected chi connectivity index (χ2v) is 6.23. The number of para-hydroxylation sites is 1. The minimum absolute atomic E-state index is 0.192. The summed E-state index contributed by atoms with van der Waals surface area (Å²) in [5.74, 6) is -0.192. The fourth-order valence-corrected chi connectivity index (χ4v) is 2.57. The Kier molecular flexibility index (Phi) is 4.91.